The molecule has 0 fully saturated rings. The van der Waals surface area contributed by atoms with Crippen molar-refractivity contribution in [3.63, 3.8) is 0 Å². The van der Waals surface area contributed by atoms with Crippen molar-refractivity contribution in [3.05, 3.63) is 35.9 Å². The predicted octanol–water partition coefficient (Wildman–Crippen LogP) is 1.99. The van der Waals surface area contributed by atoms with Crippen LogP contribution in [0, 0.1) is 5.92 Å². The van der Waals surface area contributed by atoms with Gasteiger partial charge in [0.05, 0.1) is 18.9 Å². The van der Waals surface area contributed by atoms with Crippen LogP contribution in [0.2, 0.25) is 0 Å². The third-order valence-electron chi connectivity index (χ3n) is 2.90. The van der Waals surface area contributed by atoms with Crippen molar-refractivity contribution in [2.45, 2.75) is 40.0 Å². The number of halogens is 1. The van der Waals surface area contributed by atoms with Gasteiger partial charge in [0, 0.05) is 43.2 Å². The minimum absolute atomic E-state index is 0.321. The molecule has 0 saturated carbocycles. The highest BCUT2D eigenvalue weighted by atomic mass is 19.1. The number of hydrogen-bond donors (Lipinski definition) is 1. The van der Waals surface area contributed by atoms with Crippen molar-refractivity contribution in [2.75, 3.05) is 6.67 Å². The predicted molar refractivity (Wildman–Crippen MR) is 75.8 cm³/mol. The minimum atomic E-state index is -0.385. The second kappa shape index (κ2) is 7.19. The fourth-order valence-corrected chi connectivity index (χ4v) is 2.03. The molecule has 0 saturated heterocycles. The molecule has 5 nitrogen and oxygen atoms in total. The molecule has 0 aliphatic heterocycles. The Balaban J connectivity index is 1.75. The first-order valence-electron chi connectivity index (χ1n) is 6.96. The Morgan fingerprint density at radius 1 is 1.10 bits per heavy atom. The van der Waals surface area contributed by atoms with Crippen LogP contribution >= 0.6 is 0 Å². The average Bonchev–Trinajstić information content (AvgIpc) is 2.99. The maximum absolute atomic E-state index is 12.2. The minimum Gasteiger partial charge on any atom is -0.308 e. The summed E-state index contributed by atoms with van der Waals surface area (Å²) >= 11 is 0. The summed E-state index contributed by atoms with van der Waals surface area (Å²) in [7, 11) is 0. The van der Waals surface area contributed by atoms with Crippen molar-refractivity contribution in [3.8, 4) is 0 Å². The standard InChI is InChI=1S/C14H22FN5/c1-12(2)9-20-11-14(8-18-20)6-16-5-13-7-17-19(10-13)4-3-15/h7-8,10-12,16H,3-6,9H2,1-2H3. The quantitative estimate of drug-likeness (QED) is 0.804. The van der Waals surface area contributed by atoms with Gasteiger partial charge in [0.15, 0.2) is 0 Å². The fraction of sp³-hybridized carbons (Fsp3) is 0.571. The number of nitrogens with zero attached hydrogens (tertiary/aromatic N) is 4. The lowest BCUT2D eigenvalue weighted by atomic mass is 10.2. The van der Waals surface area contributed by atoms with Crippen LogP contribution < -0.4 is 5.32 Å². The van der Waals surface area contributed by atoms with Gasteiger partial charge in [-0.15, -0.1) is 0 Å². The van der Waals surface area contributed by atoms with Crippen LogP contribution in [0.4, 0.5) is 4.39 Å². The van der Waals surface area contributed by atoms with Gasteiger partial charge in [-0.2, -0.15) is 10.2 Å². The van der Waals surface area contributed by atoms with Crippen LogP contribution in [0.25, 0.3) is 0 Å². The second-order valence-corrected chi connectivity index (χ2v) is 5.37. The fourth-order valence-electron chi connectivity index (χ4n) is 2.03. The molecule has 0 bridgehead atoms. The van der Waals surface area contributed by atoms with Gasteiger partial charge in [-0.05, 0) is 5.92 Å². The Bertz CT molecular complexity index is 517. The molecule has 20 heavy (non-hydrogen) atoms. The molecule has 0 atom stereocenters. The van der Waals surface area contributed by atoms with Crippen molar-refractivity contribution in [2.24, 2.45) is 5.92 Å². The normalized spacial score (nSPS) is 11.4. The Morgan fingerprint density at radius 3 is 2.30 bits per heavy atom. The van der Waals surface area contributed by atoms with Crippen LogP contribution in [0.5, 0.6) is 0 Å². The maximum Gasteiger partial charge on any atom is 0.109 e. The van der Waals surface area contributed by atoms with E-state index in [2.05, 4.69) is 35.6 Å². The molecule has 2 aromatic heterocycles. The van der Waals surface area contributed by atoms with E-state index in [-0.39, 0.29) is 6.67 Å². The molecule has 0 aromatic carbocycles. The van der Waals surface area contributed by atoms with Crippen molar-refractivity contribution < 1.29 is 4.39 Å². The van der Waals surface area contributed by atoms with Gasteiger partial charge < -0.3 is 5.32 Å². The summed E-state index contributed by atoms with van der Waals surface area (Å²) in [4.78, 5) is 0. The van der Waals surface area contributed by atoms with Crippen LogP contribution in [0.1, 0.15) is 25.0 Å². The van der Waals surface area contributed by atoms with Crippen LogP contribution in [-0.2, 0) is 26.2 Å². The summed E-state index contributed by atoms with van der Waals surface area (Å²) in [5.74, 6) is 0.594. The van der Waals surface area contributed by atoms with E-state index < -0.39 is 0 Å². The number of hydrogen-bond acceptors (Lipinski definition) is 3. The summed E-state index contributed by atoms with van der Waals surface area (Å²) in [6.07, 6.45) is 7.60. The Kier molecular flexibility index (Phi) is 5.29. The molecule has 2 aromatic rings. The first-order chi connectivity index (χ1) is 9.67. The summed E-state index contributed by atoms with van der Waals surface area (Å²) in [5, 5.41) is 11.8. The van der Waals surface area contributed by atoms with E-state index in [1.54, 1.807) is 10.9 Å². The van der Waals surface area contributed by atoms with Crippen LogP contribution in [0.15, 0.2) is 24.8 Å². The van der Waals surface area contributed by atoms with E-state index in [1.165, 1.54) is 5.56 Å². The van der Waals surface area contributed by atoms with E-state index in [1.807, 2.05) is 17.1 Å². The lowest BCUT2D eigenvalue weighted by Gasteiger charge is -2.03. The number of aryl methyl sites for hydroxylation is 1. The molecule has 2 rings (SSSR count). The average molecular weight is 279 g/mol. The molecule has 0 radical (unpaired) electrons. The highest BCUT2D eigenvalue weighted by molar-refractivity contribution is 5.06. The smallest absolute Gasteiger partial charge is 0.109 e. The third-order valence-corrected chi connectivity index (χ3v) is 2.90. The van der Waals surface area contributed by atoms with Gasteiger partial charge in [-0.25, -0.2) is 4.39 Å². The zero-order valence-corrected chi connectivity index (χ0v) is 12.1. The topological polar surface area (TPSA) is 47.7 Å². The van der Waals surface area contributed by atoms with Gasteiger partial charge in [-0.3, -0.25) is 9.36 Å². The van der Waals surface area contributed by atoms with Crippen molar-refractivity contribution in [1.82, 2.24) is 24.9 Å². The molecule has 0 amide bonds. The zero-order chi connectivity index (χ0) is 14.4. The molecule has 0 spiro atoms. The van der Waals surface area contributed by atoms with Gasteiger partial charge in [0.1, 0.15) is 6.67 Å². The SMILES string of the molecule is CC(C)Cn1cc(CNCc2cnn(CCF)c2)cn1. The van der Waals surface area contributed by atoms with E-state index >= 15 is 0 Å². The Morgan fingerprint density at radius 2 is 1.70 bits per heavy atom. The first-order valence-corrected chi connectivity index (χ1v) is 6.96. The molecule has 0 unspecified atom stereocenters. The van der Waals surface area contributed by atoms with Gasteiger partial charge >= 0.3 is 0 Å². The van der Waals surface area contributed by atoms with E-state index in [4.69, 9.17) is 0 Å². The number of aromatic nitrogens is 4. The first kappa shape index (κ1) is 14.7. The van der Waals surface area contributed by atoms with Gasteiger partial charge in [0.25, 0.3) is 0 Å². The largest absolute Gasteiger partial charge is 0.308 e. The molecule has 0 aliphatic rings. The summed E-state index contributed by atoms with van der Waals surface area (Å²) in [6, 6.07) is 0. The molecular weight excluding hydrogens is 257 g/mol. The van der Waals surface area contributed by atoms with Gasteiger partial charge in [0.2, 0.25) is 0 Å². The highest BCUT2D eigenvalue weighted by Crippen LogP contribution is 2.03. The van der Waals surface area contributed by atoms with Gasteiger partial charge in [-0.1, -0.05) is 13.8 Å². The molecule has 2 heterocycles. The lowest BCUT2D eigenvalue weighted by Crippen LogP contribution is -2.12. The second-order valence-electron chi connectivity index (χ2n) is 5.37. The summed E-state index contributed by atoms with van der Waals surface area (Å²) in [5.41, 5.74) is 2.23. The maximum atomic E-state index is 12.2. The molecule has 1 N–H and O–H groups in total. The highest BCUT2D eigenvalue weighted by Gasteiger charge is 2.02. The van der Waals surface area contributed by atoms with E-state index in [0.29, 0.717) is 12.5 Å². The van der Waals surface area contributed by atoms with E-state index in [0.717, 1.165) is 25.2 Å². The number of alkyl halides is 1. The molecule has 0 aliphatic carbocycles. The molecule has 110 valence electrons. The van der Waals surface area contributed by atoms with Crippen LogP contribution in [0.3, 0.4) is 0 Å². The Labute approximate surface area is 118 Å². The third kappa shape index (κ3) is 4.45. The van der Waals surface area contributed by atoms with Crippen molar-refractivity contribution >= 4 is 0 Å². The summed E-state index contributed by atoms with van der Waals surface area (Å²) < 4.78 is 15.8. The molecular formula is C14H22FN5. The number of rotatable bonds is 8. The lowest BCUT2D eigenvalue weighted by molar-refractivity contribution is 0.427. The van der Waals surface area contributed by atoms with E-state index in [9.17, 15) is 4.39 Å². The van der Waals surface area contributed by atoms with Crippen LogP contribution in [-0.4, -0.2) is 26.2 Å². The summed E-state index contributed by atoms with van der Waals surface area (Å²) in [6.45, 7) is 6.72. The Hall–Kier alpha value is -1.69. The number of nitrogens with one attached hydrogen (secondary N) is 1. The van der Waals surface area contributed by atoms with Crippen molar-refractivity contribution in [1.29, 1.82) is 0 Å². The molecule has 6 heteroatoms. The monoisotopic (exact) mass is 279 g/mol. The zero-order valence-electron chi connectivity index (χ0n) is 12.1.